The van der Waals surface area contributed by atoms with E-state index in [4.69, 9.17) is 0 Å². The number of para-hydroxylation sites is 1. The first kappa shape index (κ1) is 16.7. The van der Waals surface area contributed by atoms with Crippen molar-refractivity contribution in [2.24, 2.45) is 0 Å². The fraction of sp³-hybridized carbons (Fsp3) is 0.190. The Morgan fingerprint density at radius 1 is 1.08 bits per heavy atom. The molecule has 0 fully saturated rings. The van der Waals surface area contributed by atoms with E-state index in [9.17, 15) is 0 Å². The van der Waals surface area contributed by atoms with Crippen LogP contribution in [0.1, 0.15) is 19.5 Å². The fourth-order valence-corrected chi connectivity index (χ4v) is 4.89. The van der Waals surface area contributed by atoms with Crippen LogP contribution in [-0.2, 0) is 6.54 Å². The highest BCUT2D eigenvalue weighted by atomic mass is 79.9. The predicted octanol–water partition coefficient (Wildman–Crippen LogP) is 5.84. The highest BCUT2D eigenvalue weighted by Crippen LogP contribution is 2.47. The summed E-state index contributed by atoms with van der Waals surface area (Å²) in [5.74, 6) is 0. The van der Waals surface area contributed by atoms with Crippen molar-refractivity contribution in [3.63, 3.8) is 0 Å². The molecule has 0 saturated heterocycles. The zero-order chi connectivity index (χ0) is 17.4. The zero-order valence-electron chi connectivity index (χ0n) is 14.4. The lowest BCUT2D eigenvalue weighted by Crippen LogP contribution is -2.36. The molecule has 0 N–H and O–H groups in total. The molecule has 2 nitrogen and oxygen atoms in total. The predicted molar refractivity (Wildman–Crippen MR) is 111 cm³/mol. The number of hydrogen-bond donors (Lipinski definition) is 0. The molecule has 4 rings (SSSR count). The van der Waals surface area contributed by atoms with E-state index in [1.165, 1.54) is 32.2 Å². The molecular formula is C21H20BrN2S+. The van der Waals surface area contributed by atoms with Gasteiger partial charge in [0.05, 0.1) is 10.7 Å². The van der Waals surface area contributed by atoms with Crippen LogP contribution in [0, 0.1) is 0 Å². The molecule has 3 aromatic rings. The van der Waals surface area contributed by atoms with Crippen LogP contribution in [0.15, 0.2) is 69.0 Å². The molecule has 2 aromatic carbocycles. The number of pyridine rings is 1. The van der Waals surface area contributed by atoms with E-state index in [1.54, 1.807) is 0 Å². The second kappa shape index (κ2) is 6.85. The van der Waals surface area contributed by atoms with Crippen molar-refractivity contribution in [1.82, 2.24) is 0 Å². The van der Waals surface area contributed by atoms with Gasteiger partial charge in [-0.25, -0.2) is 0 Å². The number of nitrogens with zero attached hydrogens (tertiary/aromatic N) is 2. The van der Waals surface area contributed by atoms with Crippen molar-refractivity contribution < 1.29 is 4.57 Å². The molecule has 0 amide bonds. The number of aromatic nitrogens is 1. The minimum Gasteiger partial charge on any atom is -0.335 e. The van der Waals surface area contributed by atoms with Gasteiger partial charge < -0.3 is 4.90 Å². The Morgan fingerprint density at radius 3 is 2.72 bits per heavy atom. The van der Waals surface area contributed by atoms with Gasteiger partial charge in [0.15, 0.2) is 0 Å². The van der Waals surface area contributed by atoms with E-state index < -0.39 is 0 Å². The molecule has 4 heteroatoms. The number of benzene rings is 2. The molecule has 0 atom stereocenters. The van der Waals surface area contributed by atoms with Gasteiger partial charge >= 0.3 is 0 Å². The Hall–Kier alpha value is -1.78. The molecule has 0 saturated carbocycles. The molecule has 0 spiro atoms. The van der Waals surface area contributed by atoms with Crippen LogP contribution in [0.3, 0.4) is 0 Å². The standard InChI is InChI=1S/C21H20BrN2S/c1-3-23-17(11-9-15-7-5-6-8-18(15)23)14-21-24(4-2)19-13-16(22)10-12-20(19)25-21/h5-14H,3-4H2,1-2H3/q+1. The lowest BCUT2D eigenvalue weighted by molar-refractivity contribution is -0.669. The Labute approximate surface area is 161 Å². The summed E-state index contributed by atoms with van der Waals surface area (Å²) >= 11 is 5.45. The quantitative estimate of drug-likeness (QED) is 0.499. The molecule has 0 radical (unpaired) electrons. The van der Waals surface area contributed by atoms with Crippen LogP contribution < -0.4 is 9.47 Å². The monoisotopic (exact) mass is 411 g/mol. The van der Waals surface area contributed by atoms with Gasteiger partial charge in [0.1, 0.15) is 6.54 Å². The fourth-order valence-electron chi connectivity index (χ4n) is 3.39. The van der Waals surface area contributed by atoms with E-state index in [0.29, 0.717) is 0 Å². The van der Waals surface area contributed by atoms with E-state index >= 15 is 0 Å². The highest BCUT2D eigenvalue weighted by molar-refractivity contribution is 9.10. The topological polar surface area (TPSA) is 7.12 Å². The molecule has 2 heterocycles. The summed E-state index contributed by atoms with van der Waals surface area (Å²) in [6.45, 7) is 6.33. The minimum atomic E-state index is 0.954. The Balaban J connectivity index is 1.82. The molecule has 1 aliphatic heterocycles. The van der Waals surface area contributed by atoms with Crippen LogP contribution in [-0.4, -0.2) is 6.54 Å². The summed E-state index contributed by atoms with van der Waals surface area (Å²) in [5.41, 5.74) is 3.82. The lowest BCUT2D eigenvalue weighted by Gasteiger charge is -2.18. The van der Waals surface area contributed by atoms with Crippen molar-refractivity contribution >= 4 is 50.4 Å². The molecule has 1 aromatic heterocycles. The molecule has 1 aliphatic rings. The van der Waals surface area contributed by atoms with Crippen molar-refractivity contribution in [3.8, 4) is 0 Å². The highest BCUT2D eigenvalue weighted by Gasteiger charge is 2.25. The van der Waals surface area contributed by atoms with Gasteiger partial charge in [-0.3, -0.25) is 0 Å². The zero-order valence-corrected chi connectivity index (χ0v) is 16.8. The first-order chi connectivity index (χ1) is 12.2. The number of aryl methyl sites for hydroxylation is 1. The largest absolute Gasteiger partial charge is 0.335 e. The SMILES string of the molecule is CCN1C(=Cc2ccc3ccccc3[n+]2CC)Sc2ccc(Br)cc21. The van der Waals surface area contributed by atoms with Crippen molar-refractivity contribution in [3.05, 3.63) is 69.8 Å². The Kier molecular flexibility index (Phi) is 4.57. The van der Waals surface area contributed by atoms with Crippen molar-refractivity contribution in [2.75, 3.05) is 11.4 Å². The Bertz CT molecular complexity index is 981. The third-order valence-corrected chi connectivity index (χ3v) is 6.17. The lowest BCUT2D eigenvalue weighted by atomic mass is 10.2. The number of hydrogen-bond acceptors (Lipinski definition) is 2. The van der Waals surface area contributed by atoms with E-state index in [1.807, 2.05) is 11.8 Å². The van der Waals surface area contributed by atoms with Crippen molar-refractivity contribution in [1.29, 1.82) is 0 Å². The van der Waals surface area contributed by atoms with E-state index in [-0.39, 0.29) is 0 Å². The maximum atomic E-state index is 3.60. The normalized spacial score (nSPS) is 15.2. The van der Waals surface area contributed by atoms with Gasteiger partial charge in [0, 0.05) is 39.5 Å². The number of fused-ring (bicyclic) bond motifs is 2. The van der Waals surface area contributed by atoms with Gasteiger partial charge in [0.25, 0.3) is 0 Å². The molecule has 0 bridgehead atoms. The Morgan fingerprint density at radius 2 is 1.92 bits per heavy atom. The van der Waals surface area contributed by atoms with Crippen LogP contribution >= 0.6 is 27.7 Å². The summed E-state index contributed by atoms with van der Waals surface area (Å²) < 4.78 is 3.51. The summed E-state index contributed by atoms with van der Waals surface area (Å²) in [4.78, 5) is 3.71. The van der Waals surface area contributed by atoms with Crippen LogP contribution in [0.25, 0.3) is 17.0 Å². The number of thioether (sulfide) groups is 1. The van der Waals surface area contributed by atoms with E-state index in [2.05, 4.69) is 99.9 Å². The molecule has 0 unspecified atom stereocenters. The van der Waals surface area contributed by atoms with Gasteiger partial charge in [-0.15, -0.1) is 0 Å². The molecule has 0 aliphatic carbocycles. The maximum Gasteiger partial charge on any atom is 0.212 e. The minimum absolute atomic E-state index is 0.954. The van der Waals surface area contributed by atoms with Gasteiger partial charge in [-0.1, -0.05) is 39.8 Å². The second-order valence-electron chi connectivity index (χ2n) is 6.00. The molecular weight excluding hydrogens is 392 g/mol. The van der Waals surface area contributed by atoms with Crippen LogP contribution in [0.2, 0.25) is 0 Å². The first-order valence-corrected chi connectivity index (χ1v) is 10.2. The molecule has 126 valence electrons. The maximum absolute atomic E-state index is 3.60. The van der Waals surface area contributed by atoms with Gasteiger partial charge in [-0.2, -0.15) is 4.57 Å². The second-order valence-corrected chi connectivity index (χ2v) is 7.98. The van der Waals surface area contributed by atoms with Crippen molar-refractivity contribution in [2.45, 2.75) is 25.3 Å². The van der Waals surface area contributed by atoms with Gasteiger partial charge in [-0.05, 0) is 44.2 Å². The number of rotatable bonds is 3. The number of halogens is 1. The summed E-state index contributed by atoms with van der Waals surface area (Å²) in [5, 5.41) is 2.57. The third-order valence-electron chi connectivity index (χ3n) is 4.57. The third kappa shape index (κ3) is 2.98. The van der Waals surface area contributed by atoms with E-state index in [0.717, 1.165) is 17.6 Å². The smallest absolute Gasteiger partial charge is 0.212 e. The summed E-state index contributed by atoms with van der Waals surface area (Å²) in [6, 6.07) is 19.6. The molecule has 25 heavy (non-hydrogen) atoms. The summed E-state index contributed by atoms with van der Waals surface area (Å²) in [6.07, 6.45) is 2.32. The summed E-state index contributed by atoms with van der Waals surface area (Å²) in [7, 11) is 0. The van der Waals surface area contributed by atoms with Crippen LogP contribution in [0.4, 0.5) is 5.69 Å². The van der Waals surface area contributed by atoms with Gasteiger partial charge in [0.2, 0.25) is 11.2 Å². The average Bonchev–Trinajstić information content (AvgIpc) is 2.97. The average molecular weight is 412 g/mol. The number of anilines is 1. The van der Waals surface area contributed by atoms with Crippen LogP contribution in [0.5, 0.6) is 0 Å². The first-order valence-electron chi connectivity index (χ1n) is 8.59.